The first-order valence-corrected chi connectivity index (χ1v) is 7.97. The third kappa shape index (κ3) is 3.56. The second-order valence-electron chi connectivity index (χ2n) is 4.85. The number of sulfonamides is 1. The lowest BCUT2D eigenvalue weighted by Gasteiger charge is -2.17. The van der Waals surface area contributed by atoms with E-state index in [1.54, 1.807) is 12.1 Å². The number of carbonyl (C=O) groups is 1. The Morgan fingerprint density at radius 1 is 1.40 bits per heavy atom. The molecule has 1 aromatic rings. The average Bonchev–Trinajstić information content (AvgIpc) is 2.91. The fourth-order valence-corrected chi connectivity index (χ4v) is 2.64. The fourth-order valence-electron chi connectivity index (χ4n) is 2.12. The minimum Gasteiger partial charge on any atom is -0.368 e. The largest absolute Gasteiger partial charge is 0.368 e. The van der Waals surface area contributed by atoms with Gasteiger partial charge in [0.15, 0.2) is 0 Å². The van der Waals surface area contributed by atoms with E-state index >= 15 is 0 Å². The number of carbonyl (C=O) groups excluding carboxylic acids is 1. The van der Waals surface area contributed by atoms with Gasteiger partial charge in [-0.05, 0) is 37.5 Å². The van der Waals surface area contributed by atoms with Crippen molar-refractivity contribution >= 4 is 15.9 Å². The number of nitrogens with two attached hydrogens (primary N) is 1. The van der Waals surface area contributed by atoms with Crippen LogP contribution in [0.1, 0.15) is 31.4 Å². The van der Waals surface area contributed by atoms with Crippen LogP contribution >= 0.6 is 0 Å². The van der Waals surface area contributed by atoms with Crippen LogP contribution in [0, 0.1) is 0 Å². The Kier molecular flexibility index (Phi) is 4.42. The van der Waals surface area contributed by atoms with Gasteiger partial charge >= 0.3 is 0 Å². The zero-order valence-corrected chi connectivity index (χ0v) is 12.0. The molecular weight excluding hydrogens is 280 g/mol. The molecule has 1 aromatic carbocycles. The highest BCUT2D eigenvalue weighted by molar-refractivity contribution is 7.89. The Morgan fingerprint density at radius 3 is 2.55 bits per heavy atom. The van der Waals surface area contributed by atoms with Gasteiger partial charge in [0, 0.05) is 6.61 Å². The van der Waals surface area contributed by atoms with Gasteiger partial charge in [0.25, 0.3) is 0 Å². The molecule has 6 nitrogen and oxygen atoms in total. The average molecular weight is 298 g/mol. The van der Waals surface area contributed by atoms with Crippen LogP contribution in [0.15, 0.2) is 29.2 Å². The summed E-state index contributed by atoms with van der Waals surface area (Å²) in [4.78, 5) is 12.0. The number of nitrogens with one attached hydrogen (secondary N) is 1. The number of primary sulfonamides is 1. The molecule has 0 saturated carbocycles. The lowest BCUT2D eigenvalue weighted by molar-refractivity contribution is -0.130. The molecule has 0 aliphatic carbocycles. The van der Waals surface area contributed by atoms with Crippen molar-refractivity contribution in [1.82, 2.24) is 5.32 Å². The van der Waals surface area contributed by atoms with E-state index < -0.39 is 10.0 Å². The van der Waals surface area contributed by atoms with Crippen LogP contribution in [-0.2, 0) is 19.6 Å². The lowest BCUT2D eigenvalue weighted by atomic mass is 10.1. The Labute approximate surface area is 118 Å². The van der Waals surface area contributed by atoms with Gasteiger partial charge in [-0.25, -0.2) is 13.6 Å². The monoisotopic (exact) mass is 298 g/mol. The van der Waals surface area contributed by atoms with E-state index in [1.807, 2.05) is 6.92 Å². The summed E-state index contributed by atoms with van der Waals surface area (Å²) in [7, 11) is -3.69. The number of rotatable bonds is 4. The van der Waals surface area contributed by atoms with E-state index in [9.17, 15) is 13.2 Å². The first-order valence-electron chi connectivity index (χ1n) is 6.42. The summed E-state index contributed by atoms with van der Waals surface area (Å²) >= 11 is 0. The predicted molar refractivity (Wildman–Crippen MR) is 73.3 cm³/mol. The number of hydrogen-bond acceptors (Lipinski definition) is 4. The molecule has 2 atom stereocenters. The first-order chi connectivity index (χ1) is 9.38. The van der Waals surface area contributed by atoms with Gasteiger partial charge in [-0.15, -0.1) is 0 Å². The van der Waals surface area contributed by atoms with Crippen molar-refractivity contribution in [3.8, 4) is 0 Å². The Bertz CT molecular complexity index is 577. The second-order valence-corrected chi connectivity index (χ2v) is 6.41. The molecule has 0 spiro atoms. The second kappa shape index (κ2) is 5.90. The van der Waals surface area contributed by atoms with Crippen molar-refractivity contribution in [3.05, 3.63) is 29.8 Å². The Balaban J connectivity index is 2.02. The SMILES string of the molecule is CC(NC(=O)C1CCCO1)c1ccc(S(N)(=O)=O)cc1. The minimum atomic E-state index is -3.69. The number of hydrogen-bond donors (Lipinski definition) is 2. The van der Waals surface area contributed by atoms with Gasteiger partial charge in [-0.3, -0.25) is 4.79 Å². The van der Waals surface area contributed by atoms with E-state index in [-0.39, 0.29) is 22.9 Å². The van der Waals surface area contributed by atoms with Crippen molar-refractivity contribution < 1.29 is 17.9 Å². The molecule has 3 N–H and O–H groups in total. The maximum Gasteiger partial charge on any atom is 0.249 e. The highest BCUT2D eigenvalue weighted by atomic mass is 32.2. The quantitative estimate of drug-likeness (QED) is 0.854. The summed E-state index contributed by atoms with van der Waals surface area (Å²) in [5.74, 6) is -0.134. The summed E-state index contributed by atoms with van der Waals surface area (Å²) in [5.41, 5.74) is 0.809. The van der Waals surface area contributed by atoms with Crippen LogP contribution in [0.2, 0.25) is 0 Å². The van der Waals surface area contributed by atoms with Gasteiger partial charge in [-0.1, -0.05) is 12.1 Å². The van der Waals surface area contributed by atoms with E-state index in [1.165, 1.54) is 12.1 Å². The maximum absolute atomic E-state index is 11.9. The van der Waals surface area contributed by atoms with Crippen molar-refractivity contribution in [1.29, 1.82) is 0 Å². The van der Waals surface area contributed by atoms with E-state index in [4.69, 9.17) is 9.88 Å². The van der Waals surface area contributed by atoms with Gasteiger partial charge in [0.2, 0.25) is 15.9 Å². The van der Waals surface area contributed by atoms with E-state index in [0.29, 0.717) is 6.61 Å². The van der Waals surface area contributed by atoms with Crippen molar-refractivity contribution in [2.75, 3.05) is 6.61 Å². The van der Waals surface area contributed by atoms with Crippen LogP contribution in [0.5, 0.6) is 0 Å². The maximum atomic E-state index is 11.9. The molecule has 1 aliphatic heterocycles. The van der Waals surface area contributed by atoms with E-state index in [2.05, 4.69) is 5.32 Å². The van der Waals surface area contributed by atoms with Crippen LogP contribution in [0.3, 0.4) is 0 Å². The predicted octanol–water partition coefficient (Wildman–Crippen LogP) is 0.690. The molecule has 7 heteroatoms. The summed E-state index contributed by atoms with van der Waals surface area (Å²) < 4.78 is 27.6. The van der Waals surface area contributed by atoms with E-state index in [0.717, 1.165) is 18.4 Å². The third-order valence-corrected chi connectivity index (χ3v) is 4.22. The smallest absolute Gasteiger partial charge is 0.249 e. The zero-order valence-electron chi connectivity index (χ0n) is 11.2. The summed E-state index contributed by atoms with van der Waals surface area (Å²) in [6.45, 7) is 2.45. The molecule has 110 valence electrons. The van der Waals surface area contributed by atoms with Crippen molar-refractivity contribution in [3.63, 3.8) is 0 Å². The fraction of sp³-hybridized carbons (Fsp3) is 0.462. The molecule has 2 rings (SSSR count). The topological polar surface area (TPSA) is 98.5 Å². The van der Waals surface area contributed by atoms with Crippen LogP contribution in [0.4, 0.5) is 0 Å². The van der Waals surface area contributed by atoms with Crippen LogP contribution < -0.4 is 10.5 Å². The first kappa shape index (κ1) is 15.0. The third-order valence-electron chi connectivity index (χ3n) is 3.29. The molecule has 0 radical (unpaired) electrons. The molecule has 1 heterocycles. The normalized spacial score (nSPS) is 20.6. The minimum absolute atomic E-state index is 0.0545. The van der Waals surface area contributed by atoms with Crippen LogP contribution in [-0.4, -0.2) is 27.0 Å². The Hall–Kier alpha value is -1.44. The molecule has 1 saturated heterocycles. The zero-order chi connectivity index (χ0) is 14.8. The molecule has 0 aromatic heterocycles. The van der Waals surface area contributed by atoms with Gasteiger partial charge in [0.1, 0.15) is 6.10 Å². The summed E-state index contributed by atoms with van der Waals surface area (Å²) in [5, 5.41) is 7.88. The van der Waals surface area contributed by atoms with Crippen molar-refractivity contribution in [2.24, 2.45) is 5.14 Å². The van der Waals surface area contributed by atoms with Crippen molar-refractivity contribution in [2.45, 2.75) is 36.8 Å². The van der Waals surface area contributed by atoms with Crippen LogP contribution in [0.25, 0.3) is 0 Å². The summed E-state index contributed by atoms with van der Waals surface area (Å²) in [6.07, 6.45) is 1.26. The highest BCUT2D eigenvalue weighted by Gasteiger charge is 2.24. The highest BCUT2D eigenvalue weighted by Crippen LogP contribution is 2.17. The molecule has 2 unspecified atom stereocenters. The molecular formula is C13H18N2O4S. The molecule has 1 aliphatic rings. The summed E-state index contributed by atoms with van der Waals surface area (Å²) in [6, 6.07) is 5.92. The van der Waals surface area contributed by atoms with Gasteiger partial charge in [-0.2, -0.15) is 0 Å². The standard InChI is InChI=1S/C13H18N2O4S/c1-9(15-13(16)12-3-2-8-19-12)10-4-6-11(7-5-10)20(14,17)18/h4-7,9,12H,2-3,8H2,1H3,(H,15,16)(H2,14,17,18). The molecule has 1 fully saturated rings. The lowest BCUT2D eigenvalue weighted by Crippen LogP contribution is -2.35. The number of benzene rings is 1. The van der Waals surface area contributed by atoms with Gasteiger partial charge < -0.3 is 10.1 Å². The van der Waals surface area contributed by atoms with Gasteiger partial charge in [0.05, 0.1) is 10.9 Å². The molecule has 20 heavy (non-hydrogen) atoms. The molecule has 0 bridgehead atoms. The number of ether oxygens (including phenoxy) is 1. The number of amides is 1. The Morgan fingerprint density at radius 2 is 2.05 bits per heavy atom. The molecule has 1 amide bonds.